The van der Waals surface area contributed by atoms with Crippen molar-refractivity contribution in [2.24, 2.45) is 5.41 Å². The number of halogens is 1. The molecule has 0 radical (unpaired) electrons. The fraction of sp³-hybridized carbons (Fsp3) is 0.450. The van der Waals surface area contributed by atoms with Gasteiger partial charge in [-0.1, -0.05) is 43.4 Å². The summed E-state index contributed by atoms with van der Waals surface area (Å²) in [4.78, 5) is 52.6. The number of aromatic nitrogens is 1. The number of amides is 3. The molecule has 10 heteroatoms. The third-order valence-electron chi connectivity index (χ3n) is 11.0. The maximum Gasteiger partial charge on any atom is 0.260 e. The lowest BCUT2D eigenvalue weighted by atomic mass is 9.68. The molecule has 0 bridgehead atoms. The smallest absolute Gasteiger partial charge is 0.260 e. The summed E-state index contributed by atoms with van der Waals surface area (Å²) in [6.45, 7) is 7.78. The van der Waals surface area contributed by atoms with Gasteiger partial charge in [-0.2, -0.15) is 0 Å². The Morgan fingerprint density at radius 1 is 1.08 bits per heavy atom. The van der Waals surface area contributed by atoms with Crippen molar-refractivity contribution in [3.05, 3.63) is 100 Å². The second-order valence-electron chi connectivity index (χ2n) is 14.4. The summed E-state index contributed by atoms with van der Waals surface area (Å²) < 4.78 is 14.6. The Bertz CT molecular complexity index is 1810. The number of rotatable bonds is 8. The molecular weight excluding hydrogens is 650 g/mol. The lowest BCUT2D eigenvalue weighted by Gasteiger charge is -2.41. The van der Waals surface area contributed by atoms with Gasteiger partial charge in [0.15, 0.2) is 0 Å². The van der Waals surface area contributed by atoms with E-state index < -0.39 is 5.67 Å². The van der Waals surface area contributed by atoms with Crippen molar-refractivity contribution in [3.8, 4) is 0 Å². The Balaban J connectivity index is 1.12. The van der Waals surface area contributed by atoms with E-state index in [-0.39, 0.29) is 35.6 Å². The quantitative estimate of drug-likeness (QED) is 0.318. The van der Waals surface area contributed by atoms with Gasteiger partial charge in [-0.05, 0) is 87.3 Å². The molecule has 1 saturated carbocycles. The van der Waals surface area contributed by atoms with Crippen LogP contribution in [0.1, 0.15) is 81.1 Å². The number of carbonyl (C=O) groups is 3. The number of allylic oxidation sites excluding steroid dienone is 5. The Kier molecular flexibility index (Phi) is 9.50. The maximum absolute atomic E-state index is 14.6. The average Bonchev–Trinajstić information content (AvgIpc) is 3.95. The number of nitrogens with one attached hydrogen (secondary N) is 1. The number of hydrogen-bond acceptors (Lipinski definition) is 6. The minimum atomic E-state index is -1.32. The van der Waals surface area contributed by atoms with E-state index in [1.54, 1.807) is 49.2 Å². The van der Waals surface area contributed by atoms with Crippen LogP contribution in [0.15, 0.2) is 89.2 Å². The van der Waals surface area contributed by atoms with Crippen molar-refractivity contribution >= 4 is 41.0 Å². The number of carbonyl (C=O) groups excluding carboxylic acids is 3. The third kappa shape index (κ3) is 6.66. The number of likely N-dealkylation sites (N-methyl/N-ethyl adjacent to an activating group) is 1. The Morgan fingerprint density at radius 3 is 2.64 bits per heavy atom. The van der Waals surface area contributed by atoms with Gasteiger partial charge in [0.1, 0.15) is 11.5 Å². The van der Waals surface area contributed by atoms with Crippen LogP contribution in [0, 0.1) is 5.41 Å². The number of para-hydroxylation sites is 1. The first-order valence-electron chi connectivity index (χ1n) is 18.0. The van der Waals surface area contributed by atoms with Gasteiger partial charge in [0.25, 0.3) is 17.7 Å². The van der Waals surface area contributed by atoms with Crippen LogP contribution < -0.4 is 15.1 Å². The van der Waals surface area contributed by atoms with Crippen molar-refractivity contribution < 1.29 is 18.8 Å². The van der Waals surface area contributed by atoms with Gasteiger partial charge < -0.3 is 20.0 Å². The summed E-state index contributed by atoms with van der Waals surface area (Å²) in [5, 5.41) is 2.97. The van der Waals surface area contributed by atoms with E-state index in [0.29, 0.717) is 54.6 Å². The fourth-order valence-corrected chi connectivity index (χ4v) is 9.40. The molecule has 4 heterocycles. The summed E-state index contributed by atoms with van der Waals surface area (Å²) in [5.74, 6) is 1.20. The van der Waals surface area contributed by atoms with E-state index in [1.807, 2.05) is 45.1 Å². The van der Waals surface area contributed by atoms with E-state index in [1.165, 1.54) is 0 Å². The summed E-state index contributed by atoms with van der Waals surface area (Å²) in [7, 11) is 0. The van der Waals surface area contributed by atoms with Crippen molar-refractivity contribution in [2.75, 3.05) is 41.7 Å². The van der Waals surface area contributed by atoms with Crippen LogP contribution in [-0.2, 0) is 9.59 Å². The molecule has 1 N–H and O–H groups in total. The number of anilines is 2. The standard InChI is InChI=1S/C40H46FN5O3S/c1-4-40-20-23-46(33-14-7-6-12-30(33)32(40)25-50-34(24-40)38(49)45(5-2)29-17-18-29)37(48)27-10-8-11-28(16-15-27)43-36(47)31-13-9-21-42-35(31)44-22-19-39(3,41)26-44/h6-9,11-16,21,24,29,32H,4-5,10,17-20,22-23,25-26H2,1-3H3,(H,43,47). The molecule has 3 aliphatic heterocycles. The van der Waals surface area contributed by atoms with Crippen LogP contribution in [0.25, 0.3) is 0 Å². The Hall–Kier alpha value is -4.18. The van der Waals surface area contributed by atoms with E-state index in [2.05, 4.69) is 36.3 Å². The highest BCUT2D eigenvalue weighted by atomic mass is 32.2. The molecule has 1 aromatic carbocycles. The zero-order chi connectivity index (χ0) is 35.0. The molecule has 3 amide bonds. The van der Waals surface area contributed by atoms with Crippen molar-refractivity contribution in [2.45, 2.75) is 76.9 Å². The number of hydrogen-bond donors (Lipinski definition) is 1. The number of nitrogens with zero attached hydrogens (tertiary/aromatic N) is 4. The van der Waals surface area contributed by atoms with Crippen molar-refractivity contribution in [1.29, 1.82) is 0 Å². The molecule has 5 aliphatic rings. The van der Waals surface area contributed by atoms with Crippen LogP contribution in [0.3, 0.4) is 0 Å². The summed E-state index contributed by atoms with van der Waals surface area (Å²) in [5.41, 5.74) is 2.09. The summed E-state index contributed by atoms with van der Waals surface area (Å²) in [6, 6.07) is 12.0. The van der Waals surface area contributed by atoms with Crippen LogP contribution in [0.2, 0.25) is 0 Å². The van der Waals surface area contributed by atoms with Crippen LogP contribution in [0.4, 0.5) is 15.9 Å². The molecule has 262 valence electrons. The van der Waals surface area contributed by atoms with Crippen LogP contribution in [0.5, 0.6) is 0 Å². The molecule has 2 aromatic rings. The topological polar surface area (TPSA) is 85.8 Å². The zero-order valence-corrected chi connectivity index (χ0v) is 30.0. The van der Waals surface area contributed by atoms with Gasteiger partial charge in [0.05, 0.1) is 17.0 Å². The van der Waals surface area contributed by atoms with Gasteiger partial charge in [-0.25, -0.2) is 9.37 Å². The fourth-order valence-electron chi connectivity index (χ4n) is 7.98. The van der Waals surface area contributed by atoms with Gasteiger partial charge >= 0.3 is 0 Å². The highest BCUT2D eigenvalue weighted by molar-refractivity contribution is 8.04. The first-order chi connectivity index (χ1) is 24.1. The number of fused-ring (bicyclic) bond motifs is 3. The average molecular weight is 696 g/mol. The molecule has 7 rings (SSSR count). The maximum atomic E-state index is 14.6. The number of benzene rings is 1. The first-order valence-corrected chi connectivity index (χ1v) is 19.0. The first kappa shape index (κ1) is 34.3. The monoisotopic (exact) mass is 695 g/mol. The Morgan fingerprint density at radius 2 is 1.90 bits per heavy atom. The number of pyridine rings is 1. The van der Waals surface area contributed by atoms with Gasteiger partial charge in [-0.3, -0.25) is 14.4 Å². The van der Waals surface area contributed by atoms with Gasteiger partial charge in [-0.15, -0.1) is 11.8 Å². The predicted molar refractivity (Wildman–Crippen MR) is 198 cm³/mol. The predicted octanol–water partition coefficient (Wildman–Crippen LogP) is 7.08. The van der Waals surface area contributed by atoms with E-state index in [0.717, 1.165) is 54.1 Å². The SMILES string of the molecule is CCN(C(=O)C1=CC2(CC)CCN(C(=O)C3=CC=C(NC(=O)c4cccnc4N4CCC(C)(F)C4)C=CC3)c3ccccc3C2CS1)C1CC1. The largest absolute Gasteiger partial charge is 0.353 e. The van der Waals surface area contributed by atoms with Gasteiger partial charge in [0.2, 0.25) is 0 Å². The van der Waals surface area contributed by atoms with Crippen LogP contribution in [-0.4, -0.2) is 71.2 Å². The molecule has 0 spiro atoms. The van der Waals surface area contributed by atoms with Gasteiger partial charge in [0, 0.05) is 66.9 Å². The molecule has 1 aromatic heterocycles. The number of alkyl halides is 1. The molecule has 3 atom stereocenters. The van der Waals surface area contributed by atoms with Crippen molar-refractivity contribution in [3.63, 3.8) is 0 Å². The minimum Gasteiger partial charge on any atom is -0.353 e. The van der Waals surface area contributed by atoms with Crippen molar-refractivity contribution in [1.82, 2.24) is 15.2 Å². The normalized spacial score (nSPS) is 26.1. The second-order valence-corrected chi connectivity index (χ2v) is 15.4. The van der Waals surface area contributed by atoms with E-state index in [4.69, 9.17) is 0 Å². The van der Waals surface area contributed by atoms with E-state index in [9.17, 15) is 18.8 Å². The van der Waals surface area contributed by atoms with E-state index >= 15 is 0 Å². The molecule has 2 aliphatic carbocycles. The summed E-state index contributed by atoms with van der Waals surface area (Å²) >= 11 is 1.66. The molecular formula is C40H46FN5O3S. The molecule has 1 saturated heterocycles. The Labute approximate surface area is 298 Å². The zero-order valence-electron chi connectivity index (χ0n) is 29.2. The minimum absolute atomic E-state index is 0.0625. The lowest BCUT2D eigenvalue weighted by molar-refractivity contribution is -0.126. The number of thioether (sulfide) groups is 1. The third-order valence-corrected chi connectivity index (χ3v) is 12.1. The van der Waals surface area contributed by atoms with Crippen LogP contribution >= 0.6 is 11.8 Å². The highest BCUT2D eigenvalue weighted by Crippen LogP contribution is 2.55. The molecule has 50 heavy (non-hydrogen) atoms. The highest BCUT2D eigenvalue weighted by Gasteiger charge is 2.46. The molecule has 2 fully saturated rings. The lowest BCUT2D eigenvalue weighted by Crippen LogP contribution is -2.38. The molecule has 3 unspecified atom stereocenters. The molecule has 8 nitrogen and oxygen atoms in total. The summed E-state index contributed by atoms with van der Waals surface area (Å²) in [6.07, 6.45) is 15.8. The second kappa shape index (κ2) is 13.9.